The first-order chi connectivity index (χ1) is 11.5. The molecule has 6 nitrogen and oxygen atoms in total. The molecule has 0 aliphatic heterocycles. The second-order valence-electron chi connectivity index (χ2n) is 5.40. The first-order valence-corrected chi connectivity index (χ1v) is 7.29. The number of aromatic amines is 1. The van der Waals surface area contributed by atoms with E-state index in [1.807, 2.05) is 25.1 Å². The topological polar surface area (TPSA) is 94.5 Å². The summed E-state index contributed by atoms with van der Waals surface area (Å²) in [6, 6.07) is 13.7. The lowest BCUT2D eigenvalue weighted by Crippen LogP contribution is -2.12. The largest absolute Gasteiger partial charge is 0.478 e. The van der Waals surface area contributed by atoms with E-state index in [9.17, 15) is 9.59 Å². The first-order valence-electron chi connectivity index (χ1n) is 7.29. The Labute approximate surface area is 137 Å². The lowest BCUT2D eigenvalue weighted by atomic mass is 10.1. The second kappa shape index (κ2) is 6.37. The molecule has 0 amide bonds. The van der Waals surface area contributed by atoms with Crippen molar-refractivity contribution >= 4 is 28.8 Å². The minimum absolute atomic E-state index is 0.200. The molecule has 2 aromatic carbocycles. The summed E-state index contributed by atoms with van der Waals surface area (Å²) in [5.74, 6) is -0.983. The maximum absolute atomic E-state index is 12.0. The zero-order valence-electron chi connectivity index (χ0n) is 12.9. The number of nitrogens with one attached hydrogen (secondary N) is 2. The molecule has 0 aliphatic rings. The number of carbonyl (C=O) groups is 1. The van der Waals surface area contributed by atoms with Gasteiger partial charge >= 0.3 is 5.97 Å². The Morgan fingerprint density at radius 2 is 1.92 bits per heavy atom. The Bertz CT molecular complexity index is 989. The number of nitrogens with zero attached hydrogens (tertiary/aromatic N) is 1. The van der Waals surface area contributed by atoms with Crippen LogP contribution in [-0.2, 0) is 0 Å². The molecule has 0 unspecified atom stereocenters. The average molecular weight is 321 g/mol. The fourth-order valence-corrected chi connectivity index (χ4v) is 2.30. The van der Waals surface area contributed by atoms with E-state index in [1.165, 1.54) is 18.3 Å². The number of anilines is 1. The highest BCUT2D eigenvalue weighted by molar-refractivity contribution is 5.89. The molecule has 3 aromatic rings. The van der Waals surface area contributed by atoms with Gasteiger partial charge in [0.05, 0.1) is 23.0 Å². The van der Waals surface area contributed by atoms with Crippen molar-refractivity contribution in [1.82, 2.24) is 4.98 Å². The van der Waals surface area contributed by atoms with Crippen LogP contribution in [-0.4, -0.2) is 22.3 Å². The monoisotopic (exact) mass is 321 g/mol. The summed E-state index contributed by atoms with van der Waals surface area (Å²) in [6.45, 7) is 1.99. The number of aromatic carboxylic acids is 1. The molecule has 0 fully saturated rings. The smallest absolute Gasteiger partial charge is 0.335 e. The number of aromatic nitrogens is 1. The van der Waals surface area contributed by atoms with Crippen LogP contribution in [0.5, 0.6) is 0 Å². The van der Waals surface area contributed by atoms with Gasteiger partial charge in [-0.3, -0.25) is 10.2 Å². The number of pyridine rings is 1. The standard InChI is InChI=1S/C18H15N3O3/c1-11-2-7-16-13(8-11)9-14(17(22)20-16)10-19-21-15-5-3-12(4-6-15)18(23)24/h2-10,21H,1H3,(H,20,22)(H,23,24)/b19-10+. The van der Waals surface area contributed by atoms with E-state index in [2.05, 4.69) is 15.5 Å². The van der Waals surface area contributed by atoms with Crippen molar-refractivity contribution in [2.24, 2.45) is 5.10 Å². The van der Waals surface area contributed by atoms with Crippen LogP contribution in [0.15, 0.2) is 58.4 Å². The summed E-state index contributed by atoms with van der Waals surface area (Å²) in [7, 11) is 0. The van der Waals surface area contributed by atoms with Gasteiger partial charge in [0.25, 0.3) is 5.56 Å². The third kappa shape index (κ3) is 3.33. The summed E-state index contributed by atoms with van der Waals surface area (Å²) in [5, 5.41) is 13.8. The third-order valence-electron chi connectivity index (χ3n) is 3.56. The van der Waals surface area contributed by atoms with E-state index in [1.54, 1.807) is 18.2 Å². The van der Waals surface area contributed by atoms with E-state index >= 15 is 0 Å². The van der Waals surface area contributed by atoms with Crippen molar-refractivity contribution in [2.45, 2.75) is 6.92 Å². The number of rotatable bonds is 4. The summed E-state index contributed by atoms with van der Waals surface area (Å²) < 4.78 is 0. The van der Waals surface area contributed by atoms with Gasteiger partial charge < -0.3 is 10.1 Å². The second-order valence-corrected chi connectivity index (χ2v) is 5.40. The van der Waals surface area contributed by atoms with Crippen molar-refractivity contribution < 1.29 is 9.90 Å². The fraction of sp³-hybridized carbons (Fsp3) is 0.0556. The van der Waals surface area contributed by atoms with Crippen LogP contribution >= 0.6 is 0 Å². The number of hydrogen-bond donors (Lipinski definition) is 3. The van der Waals surface area contributed by atoms with E-state index in [0.29, 0.717) is 11.3 Å². The number of carboxylic acids is 1. The van der Waals surface area contributed by atoms with Gasteiger partial charge in [-0.2, -0.15) is 5.10 Å². The molecule has 3 N–H and O–H groups in total. The van der Waals surface area contributed by atoms with Crippen LogP contribution in [0.3, 0.4) is 0 Å². The Balaban J connectivity index is 1.81. The molecule has 1 aromatic heterocycles. The fourth-order valence-electron chi connectivity index (χ4n) is 2.30. The molecule has 24 heavy (non-hydrogen) atoms. The van der Waals surface area contributed by atoms with Crippen LogP contribution in [0.2, 0.25) is 0 Å². The van der Waals surface area contributed by atoms with Gasteiger partial charge in [-0.15, -0.1) is 0 Å². The van der Waals surface area contributed by atoms with Gasteiger partial charge in [0.15, 0.2) is 0 Å². The highest BCUT2D eigenvalue weighted by Crippen LogP contribution is 2.13. The molecule has 0 saturated carbocycles. The molecular weight excluding hydrogens is 306 g/mol. The van der Waals surface area contributed by atoms with E-state index in [4.69, 9.17) is 5.11 Å². The molecule has 0 spiro atoms. The summed E-state index contributed by atoms with van der Waals surface area (Å²) in [4.78, 5) is 25.6. The maximum Gasteiger partial charge on any atom is 0.335 e. The lowest BCUT2D eigenvalue weighted by molar-refractivity contribution is 0.0697. The van der Waals surface area contributed by atoms with Crippen LogP contribution < -0.4 is 11.0 Å². The summed E-state index contributed by atoms with van der Waals surface area (Å²) >= 11 is 0. The number of H-pyrrole nitrogens is 1. The van der Waals surface area contributed by atoms with E-state index in [-0.39, 0.29) is 11.1 Å². The van der Waals surface area contributed by atoms with Crippen molar-refractivity contribution in [3.63, 3.8) is 0 Å². The SMILES string of the molecule is Cc1ccc2[nH]c(=O)c(/C=N/Nc3ccc(C(=O)O)cc3)cc2c1. The minimum atomic E-state index is -0.983. The quantitative estimate of drug-likeness (QED) is 0.508. The number of fused-ring (bicyclic) bond motifs is 1. The number of aryl methyl sites for hydroxylation is 1. The Morgan fingerprint density at radius 3 is 2.62 bits per heavy atom. The summed E-state index contributed by atoms with van der Waals surface area (Å²) in [5.41, 5.74) is 5.69. The average Bonchev–Trinajstić information content (AvgIpc) is 2.56. The Morgan fingerprint density at radius 1 is 1.17 bits per heavy atom. The minimum Gasteiger partial charge on any atom is -0.478 e. The molecule has 120 valence electrons. The highest BCUT2D eigenvalue weighted by atomic mass is 16.4. The number of benzene rings is 2. The van der Waals surface area contributed by atoms with Crippen LogP contribution in [0.1, 0.15) is 21.5 Å². The van der Waals surface area contributed by atoms with Gasteiger partial charge in [0.2, 0.25) is 0 Å². The number of hydrogen-bond acceptors (Lipinski definition) is 4. The molecule has 0 bridgehead atoms. The lowest BCUT2D eigenvalue weighted by Gasteiger charge is -2.02. The Hall–Kier alpha value is -3.41. The summed E-state index contributed by atoms with van der Waals surface area (Å²) in [6.07, 6.45) is 1.44. The van der Waals surface area contributed by atoms with Crippen molar-refractivity contribution in [3.05, 3.63) is 75.6 Å². The molecule has 0 radical (unpaired) electrons. The molecular formula is C18H15N3O3. The maximum atomic E-state index is 12.0. The van der Waals surface area contributed by atoms with Gasteiger partial charge in [0, 0.05) is 5.52 Å². The van der Waals surface area contributed by atoms with Gasteiger partial charge in [-0.25, -0.2) is 4.79 Å². The zero-order chi connectivity index (χ0) is 17.1. The molecule has 1 heterocycles. The highest BCUT2D eigenvalue weighted by Gasteiger charge is 2.02. The van der Waals surface area contributed by atoms with Gasteiger partial charge in [-0.05, 0) is 54.8 Å². The van der Waals surface area contributed by atoms with Crippen LogP contribution in [0.4, 0.5) is 5.69 Å². The van der Waals surface area contributed by atoms with Crippen LogP contribution in [0.25, 0.3) is 10.9 Å². The van der Waals surface area contributed by atoms with Gasteiger partial charge in [0.1, 0.15) is 0 Å². The normalized spacial score (nSPS) is 11.0. The molecule has 3 rings (SSSR count). The first kappa shape index (κ1) is 15.5. The van der Waals surface area contributed by atoms with E-state index < -0.39 is 5.97 Å². The number of carboxylic acid groups (broad SMARTS) is 1. The van der Waals surface area contributed by atoms with Crippen molar-refractivity contribution in [1.29, 1.82) is 0 Å². The molecule has 0 atom stereocenters. The van der Waals surface area contributed by atoms with Gasteiger partial charge in [-0.1, -0.05) is 11.6 Å². The molecule has 0 saturated heterocycles. The Kier molecular flexibility index (Phi) is 4.11. The number of hydrazone groups is 1. The zero-order valence-corrected chi connectivity index (χ0v) is 12.9. The predicted molar refractivity (Wildman–Crippen MR) is 93.9 cm³/mol. The van der Waals surface area contributed by atoms with E-state index in [0.717, 1.165) is 16.5 Å². The molecule has 0 aliphatic carbocycles. The molecule has 6 heteroatoms. The van der Waals surface area contributed by atoms with Crippen molar-refractivity contribution in [3.8, 4) is 0 Å². The van der Waals surface area contributed by atoms with Crippen LogP contribution in [0, 0.1) is 6.92 Å². The predicted octanol–water partition coefficient (Wildman–Crippen LogP) is 2.98. The third-order valence-corrected chi connectivity index (χ3v) is 3.56. The van der Waals surface area contributed by atoms with Crippen molar-refractivity contribution in [2.75, 3.05) is 5.43 Å².